The fourth-order valence-electron chi connectivity index (χ4n) is 2.31. The van der Waals surface area contributed by atoms with E-state index in [4.69, 9.17) is 14.0 Å². The molecule has 0 bridgehead atoms. The number of aromatic nitrogens is 2. The van der Waals surface area contributed by atoms with Gasteiger partial charge in [0.25, 0.3) is 0 Å². The van der Waals surface area contributed by atoms with Crippen molar-refractivity contribution in [1.29, 1.82) is 0 Å². The lowest BCUT2D eigenvalue weighted by atomic mass is 10.3. The smallest absolute Gasteiger partial charge is 0.246 e. The molecule has 0 saturated heterocycles. The third-order valence-corrected chi connectivity index (χ3v) is 3.74. The fraction of sp³-hybridized carbons (Fsp3) is 0.500. The molecule has 1 N–H and O–H groups in total. The summed E-state index contributed by atoms with van der Waals surface area (Å²) in [6.45, 7) is 5.74. The van der Waals surface area contributed by atoms with Gasteiger partial charge in [-0.3, -0.25) is 4.99 Å². The number of benzene rings is 1. The Morgan fingerprint density at radius 2 is 2.07 bits per heavy atom. The molecule has 0 radical (unpaired) electrons. The molecule has 1 aromatic heterocycles. The van der Waals surface area contributed by atoms with Crippen LogP contribution in [-0.2, 0) is 11.3 Å². The molecule has 1 heterocycles. The van der Waals surface area contributed by atoms with E-state index in [-0.39, 0.29) is 35.9 Å². The Hall–Kier alpha value is -1.95. The summed E-state index contributed by atoms with van der Waals surface area (Å²) in [5, 5.41) is 7.08. The van der Waals surface area contributed by atoms with Crippen molar-refractivity contribution in [1.82, 2.24) is 20.4 Å². The van der Waals surface area contributed by atoms with Crippen LogP contribution in [0.2, 0.25) is 0 Å². The highest BCUT2D eigenvalue weighted by Crippen LogP contribution is 2.13. The van der Waals surface area contributed by atoms with Gasteiger partial charge in [-0.15, -0.1) is 24.0 Å². The summed E-state index contributed by atoms with van der Waals surface area (Å²) >= 11 is 0. The second-order valence-electron chi connectivity index (χ2n) is 5.77. The van der Waals surface area contributed by atoms with Gasteiger partial charge in [-0.2, -0.15) is 4.98 Å². The number of halogens is 2. The Kier molecular flexibility index (Phi) is 10.8. The van der Waals surface area contributed by atoms with Gasteiger partial charge < -0.3 is 24.2 Å². The molecule has 1 aromatic carbocycles. The van der Waals surface area contributed by atoms with Crippen molar-refractivity contribution in [3.63, 3.8) is 0 Å². The van der Waals surface area contributed by atoms with Gasteiger partial charge in [0.05, 0.1) is 13.1 Å². The van der Waals surface area contributed by atoms with Crippen LogP contribution in [-0.4, -0.2) is 54.9 Å². The largest absolute Gasteiger partial charge is 0.492 e. The molecule has 0 fully saturated rings. The maximum atomic E-state index is 12.9. The molecule has 156 valence electrons. The van der Waals surface area contributed by atoms with Crippen molar-refractivity contribution in [2.45, 2.75) is 26.5 Å². The number of hydrogen-bond acceptors (Lipinski definition) is 6. The lowest BCUT2D eigenvalue weighted by Gasteiger charge is -2.21. The molecule has 0 saturated carbocycles. The lowest BCUT2D eigenvalue weighted by molar-refractivity contribution is 0.0683. The topological polar surface area (TPSA) is 85.0 Å². The van der Waals surface area contributed by atoms with Gasteiger partial charge >= 0.3 is 0 Å². The predicted molar refractivity (Wildman–Crippen MR) is 114 cm³/mol. The van der Waals surface area contributed by atoms with E-state index in [2.05, 4.69) is 20.4 Å². The molecular formula is C18H27FIN5O3. The average molecular weight is 507 g/mol. The van der Waals surface area contributed by atoms with Crippen molar-refractivity contribution in [3.05, 3.63) is 41.8 Å². The molecule has 10 heteroatoms. The SMILES string of the molecule is CCOC(C)c1noc(CNC(=NC)N(C)CCOc2ccc(F)cc2)n1.I. The highest BCUT2D eigenvalue weighted by Gasteiger charge is 2.14. The zero-order chi connectivity index (χ0) is 19.6. The zero-order valence-corrected chi connectivity index (χ0v) is 18.8. The minimum Gasteiger partial charge on any atom is -0.492 e. The molecule has 0 aliphatic heterocycles. The molecule has 0 amide bonds. The van der Waals surface area contributed by atoms with Gasteiger partial charge in [0.1, 0.15) is 24.3 Å². The second-order valence-corrected chi connectivity index (χ2v) is 5.77. The summed E-state index contributed by atoms with van der Waals surface area (Å²) in [4.78, 5) is 10.4. The number of rotatable bonds is 9. The molecule has 0 spiro atoms. The van der Waals surface area contributed by atoms with E-state index in [1.54, 1.807) is 19.2 Å². The summed E-state index contributed by atoms with van der Waals surface area (Å²) < 4.78 is 29.1. The Morgan fingerprint density at radius 3 is 2.71 bits per heavy atom. The van der Waals surface area contributed by atoms with Crippen molar-refractivity contribution in [3.8, 4) is 5.75 Å². The van der Waals surface area contributed by atoms with Crippen molar-refractivity contribution >= 4 is 29.9 Å². The monoisotopic (exact) mass is 507 g/mol. The van der Waals surface area contributed by atoms with Crippen molar-refractivity contribution in [2.75, 3.05) is 33.9 Å². The van der Waals surface area contributed by atoms with Gasteiger partial charge in [0, 0.05) is 20.7 Å². The minimum absolute atomic E-state index is 0. The quantitative estimate of drug-likeness (QED) is 0.318. The molecular weight excluding hydrogens is 480 g/mol. The summed E-state index contributed by atoms with van der Waals surface area (Å²) in [7, 11) is 3.58. The van der Waals surface area contributed by atoms with Gasteiger partial charge in [0.2, 0.25) is 5.89 Å². The summed E-state index contributed by atoms with van der Waals surface area (Å²) in [5.41, 5.74) is 0. The molecule has 0 aliphatic rings. The van der Waals surface area contributed by atoms with E-state index in [1.807, 2.05) is 25.8 Å². The third kappa shape index (κ3) is 7.58. The van der Waals surface area contributed by atoms with Crippen LogP contribution >= 0.6 is 24.0 Å². The molecule has 28 heavy (non-hydrogen) atoms. The first-order valence-electron chi connectivity index (χ1n) is 8.77. The average Bonchev–Trinajstić information content (AvgIpc) is 3.13. The van der Waals surface area contributed by atoms with Gasteiger partial charge in [-0.25, -0.2) is 4.39 Å². The van der Waals surface area contributed by atoms with E-state index >= 15 is 0 Å². The normalized spacial score (nSPS) is 12.2. The first kappa shape index (κ1) is 24.1. The number of likely N-dealkylation sites (N-methyl/N-ethyl adjacent to an activating group) is 1. The number of hydrogen-bond donors (Lipinski definition) is 1. The highest BCUT2D eigenvalue weighted by atomic mass is 127. The molecule has 0 aliphatic carbocycles. The molecule has 2 rings (SSSR count). The summed E-state index contributed by atoms with van der Waals surface area (Å²) in [5.74, 6) is 1.96. The van der Waals surface area contributed by atoms with Crippen LogP contribution in [0.5, 0.6) is 5.75 Å². The van der Waals surface area contributed by atoms with Crippen molar-refractivity contribution in [2.24, 2.45) is 4.99 Å². The van der Waals surface area contributed by atoms with E-state index in [0.717, 1.165) is 0 Å². The first-order valence-corrected chi connectivity index (χ1v) is 8.77. The standard InChI is InChI=1S/C18H26FN5O3.HI/c1-5-25-13(2)17-22-16(27-23-17)12-21-18(20-3)24(4)10-11-26-15-8-6-14(19)7-9-15;/h6-9,13H,5,10-12H2,1-4H3,(H,20,21);1H. The summed E-state index contributed by atoms with van der Waals surface area (Å²) in [6, 6.07) is 5.92. The van der Waals surface area contributed by atoms with E-state index < -0.39 is 0 Å². The Labute approximate surface area is 181 Å². The number of aliphatic imine (C=N–C) groups is 1. The van der Waals surface area contributed by atoms with Crippen LogP contribution in [0.3, 0.4) is 0 Å². The predicted octanol–water partition coefficient (Wildman–Crippen LogP) is 3.01. The number of guanidine groups is 1. The Bertz CT molecular complexity index is 726. The molecule has 2 aromatic rings. The van der Waals surface area contributed by atoms with Crippen LogP contribution in [0.15, 0.2) is 33.8 Å². The van der Waals surface area contributed by atoms with Crippen LogP contribution in [0.4, 0.5) is 4.39 Å². The van der Waals surface area contributed by atoms with Crippen LogP contribution in [0.1, 0.15) is 31.7 Å². The van der Waals surface area contributed by atoms with E-state index in [1.165, 1.54) is 12.1 Å². The third-order valence-electron chi connectivity index (χ3n) is 3.74. The maximum absolute atomic E-state index is 12.9. The van der Waals surface area contributed by atoms with Crippen LogP contribution in [0, 0.1) is 5.82 Å². The number of ether oxygens (including phenoxy) is 2. The highest BCUT2D eigenvalue weighted by molar-refractivity contribution is 14.0. The van der Waals surface area contributed by atoms with Gasteiger partial charge in [-0.1, -0.05) is 5.16 Å². The minimum atomic E-state index is -0.288. The van der Waals surface area contributed by atoms with Crippen molar-refractivity contribution < 1.29 is 18.4 Å². The first-order chi connectivity index (χ1) is 13.0. The molecule has 8 nitrogen and oxygen atoms in total. The fourth-order valence-corrected chi connectivity index (χ4v) is 2.31. The van der Waals surface area contributed by atoms with Gasteiger partial charge in [-0.05, 0) is 38.1 Å². The molecule has 1 unspecified atom stereocenters. The number of nitrogens with one attached hydrogen (secondary N) is 1. The van der Waals surface area contributed by atoms with Crippen LogP contribution in [0.25, 0.3) is 0 Å². The van der Waals surface area contributed by atoms with E-state index in [9.17, 15) is 4.39 Å². The Morgan fingerprint density at radius 1 is 1.36 bits per heavy atom. The lowest BCUT2D eigenvalue weighted by Crippen LogP contribution is -2.40. The Balaban J connectivity index is 0.00000392. The zero-order valence-electron chi connectivity index (χ0n) is 16.5. The van der Waals surface area contributed by atoms with Gasteiger partial charge in [0.15, 0.2) is 11.8 Å². The summed E-state index contributed by atoms with van der Waals surface area (Å²) in [6.07, 6.45) is -0.210. The maximum Gasteiger partial charge on any atom is 0.246 e. The van der Waals surface area contributed by atoms with E-state index in [0.29, 0.717) is 49.7 Å². The van der Waals surface area contributed by atoms with Crippen LogP contribution < -0.4 is 10.1 Å². The second kappa shape index (κ2) is 12.5. The number of nitrogens with zero attached hydrogens (tertiary/aromatic N) is 4. The molecule has 1 atom stereocenters.